The normalized spacial score (nSPS) is 26.7. The minimum absolute atomic E-state index is 0.0658. The van der Waals surface area contributed by atoms with Crippen LogP contribution in [0.1, 0.15) is 12.5 Å². The van der Waals surface area contributed by atoms with Crippen molar-refractivity contribution in [2.75, 3.05) is 26.3 Å². The molecule has 0 aromatic heterocycles. The van der Waals surface area contributed by atoms with Crippen LogP contribution in [0.2, 0.25) is 0 Å². The number of ether oxygens (including phenoxy) is 2. The van der Waals surface area contributed by atoms with Crippen LogP contribution in [-0.4, -0.2) is 49.3 Å². The first-order chi connectivity index (χ1) is 10.1. The van der Waals surface area contributed by atoms with Gasteiger partial charge < -0.3 is 20.1 Å². The summed E-state index contributed by atoms with van der Waals surface area (Å²) in [5, 5.41) is 0. The summed E-state index contributed by atoms with van der Waals surface area (Å²) in [6, 6.07) is 7.85. The van der Waals surface area contributed by atoms with Crippen LogP contribution in [-0.2, 0) is 16.0 Å². The van der Waals surface area contributed by atoms with E-state index in [1.807, 2.05) is 36.1 Å². The lowest BCUT2D eigenvalue weighted by Gasteiger charge is -2.37. The fourth-order valence-corrected chi connectivity index (χ4v) is 2.94. The molecule has 2 N–H and O–H groups in total. The zero-order chi connectivity index (χ0) is 14.8. The van der Waals surface area contributed by atoms with Crippen LogP contribution in [0, 0.1) is 5.92 Å². The van der Waals surface area contributed by atoms with E-state index < -0.39 is 0 Å². The van der Waals surface area contributed by atoms with Crippen LogP contribution in [0.3, 0.4) is 0 Å². The Morgan fingerprint density at radius 2 is 2.24 bits per heavy atom. The van der Waals surface area contributed by atoms with E-state index in [2.05, 4.69) is 0 Å². The maximum atomic E-state index is 12.7. The summed E-state index contributed by atoms with van der Waals surface area (Å²) in [4.78, 5) is 14.6. The Hall–Kier alpha value is -1.59. The van der Waals surface area contributed by atoms with E-state index in [0.717, 1.165) is 17.7 Å². The number of nitrogens with two attached hydrogens (primary N) is 1. The monoisotopic (exact) mass is 290 g/mol. The molecule has 0 bridgehead atoms. The first-order valence-corrected chi connectivity index (χ1v) is 7.52. The highest BCUT2D eigenvalue weighted by Gasteiger charge is 2.33. The fourth-order valence-electron chi connectivity index (χ4n) is 2.94. The van der Waals surface area contributed by atoms with Gasteiger partial charge in [0.1, 0.15) is 12.4 Å². The molecule has 0 aliphatic carbocycles. The van der Waals surface area contributed by atoms with Crippen molar-refractivity contribution in [1.82, 2.24) is 4.90 Å². The molecule has 3 atom stereocenters. The number of morpholine rings is 1. The molecule has 1 saturated heterocycles. The summed E-state index contributed by atoms with van der Waals surface area (Å²) in [6.07, 6.45) is 0.675. The van der Waals surface area contributed by atoms with Crippen LogP contribution >= 0.6 is 0 Å². The largest absolute Gasteiger partial charge is 0.492 e. The molecular formula is C16H22N2O3. The molecule has 0 radical (unpaired) electrons. The van der Waals surface area contributed by atoms with Crippen molar-refractivity contribution in [1.29, 1.82) is 0 Å². The van der Waals surface area contributed by atoms with Gasteiger partial charge in [-0.25, -0.2) is 0 Å². The van der Waals surface area contributed by atoms with E-state index in [4.69, 9.17) is 15.2 Å². The molecule has 3 rings (SSSR count). The lowest BCUT2D eigenvalue weighted by atomic mass is 9.95. The second kappa shape index (κ2) is 6.03. The van der Waals surface area contributed by atoms with Crippen molar-refractivity contribution in [2.24, 2.45) is 11.7 Å². The number of rotatable bonds is 2. The number of carbonyl (C=O) groups excluding carboxylic acids is 1. The Morgan fingerprint density at radius 3 is 3.05 bits per heavy atom. The van der Waals surface area contributed by atoms with Crippen LogP contribution in [0.25, 0.3) is 0 Å². The predicted octanol–water partition coefficient (Wildman–Crippen LogP) is 0.812. The van der Waals surface area contributed by atoms with Gasteiger partial charge >= 0.3 is 0 Å². The van der Waals surface area contributed by atoms with E-state index in [0.29, 0.717) is 26.3 Å². The van der Waals surface area contributed by atoms with Crippen molar-refractivity contribution in [3.8, 4) is 5.75 Å². The Bertz CT molecular complexity index is 518. The van der Waals surface area contributed by atoms with Gasteiger partial charge in [-0.3, -0.25) is 4.79 Å². The van der Waals surface area contributed by atoms with E-state index in [-0.39, 0.29) is 24.0 Å². The van der Waals surface area contributed by atoms with Crippen molar-refractivity contribution in [3.05, 3.63) is 29.8 Å². The maximum absolute atomic E-state index is 12.7. The highest BCUT2D eigenvalue weighted by Crippen LogP contribution is 2.28. The average Bonchev–Trinajstić information content (AvgIpc) is 2.53. The number of hydrogen-bond acceptors (Lipinski definition) is 4. The quantitative estimate of drug-likeness (QED) is 0.875. The number of carbonyl (C=O) groups is 1. The molecule has 0 saturated carbocycles. The third-order valence-corrected chi connectivity index (χ3v) is 4.22. The minimum Gasteiger partial charge on any atom is -0.492 e. The third kappa shape index (κ3) is 3.04. The molecule has 1 amide bonds. The van der Waals surface area contributed by atoms with Gasteiger partial charge in [0.2, 0.25) is 5.91 Å². The Balaban J connectivity index is 1.66. The van der Waals surface area contributed by atoms with Gasteiger partial charge in [0, 0.05) is 19.1 Å². The molecule has 2 heterocycles. The van der Waals surface area contributed by atoms with Crippen molar-refractivity contribution >= 4 is 5.91 Å². The highest BCUT2D eigenvalue weighted by molar-refractivity contribution is 5.80. The minimum atomic E-state index is -0.105. The van der Waals surface area contributed by atoms with Gasteiger partial charge in [0.25, 0.3) is 0 Å². The fraction of sp³-hybridized carbons (Fsp3) is 0.562. The topological polar surface area (TPSA) is 64.8 Å². The number of hydrogen-bond donors (Lipinski definition) is 1. The predicted molar refractivity (Wildman–Crippen MR) is 79.1 cm³/mol. The van der Waals surface area contributed by atoms with Crippen molar-refractivity contribution in [2.45, 2.75) is 25.5 Å². The van der Waals surface area contributed by atoms with Gasteiger partial charge in [-0.1, -0.05) is 18.2 Å². The van der Waals surface area contributed by atoms with Crippen molar-refractivity contribution < 1.29 is 14.3 Å². The molecular weight excluding hydrogens is 268 g/mol. The van der Waals surface area contributed by atoms with Gasteiger partial charge in [-0.05, 0) is 25.0 Å². The molecule has 114 valence electrons. The van der Waals surface area contributed by atoms with Gasteiger partial charge in [0.15, 0.2) is 0 Å². The Kier molecular flexibility index (Phi) is 4.12. The van der Waals surface area contributed by atoms with Crippen LogP contribution in [0.15, 0.2) is 24.3 Å². The standard InChI is InChI=1S/C16H22N2O3/c1-11(17)15-9-18(6-7-20-15)16(19)13-8-12-4-2-3-5-14(12)21-10-13/h2-5,11,13,15H,6-10,17H2,1H3. The SMILES string of the molecule is CC(N)C1CN(C(=O)C2COc3ccccc3C2)CCO1. The Morgan fingerprint density at radius 1 is 1.43 bits per heavy atom. The van der Waals surface area contributed by atoms with Gasteiger partial charge in [0.05, 0.1) is 18.6 Å². The van der Waals surface area contributed by atoms with Gasteiger partial charge in [-0.2, -0.15) is 0 Å². The lowest BCUT2D eigenvalue weighted by molar-refractivity contribution is -0.145. The Labute approximate surface area is 125 Å². The summed E-state index contributed by atoms with van der Waals surface area (Å²) in [6.45, 7) is 4.14. The van der Waals surface area contributed by atoms with Gasteiger partial charge in [-0.15, -0.1) is 0 Å². The highest BCUT2D eigenvalue weighted by atomic mass is 16.5. The number of para-hydroxylation sites is 1. The molecule has 1 aromatic rings. The first kappa shape index (κ1) is 14.4. The summed E-state index contributed by atoms with van der Waals surface area (Å²) >= 11 is 0. The number of fused-ring (bicyclic) bond motifs is 1. The number of benzene rings is 1. The number of nitrogens with zero attached hydrogens (tertiary/aromatic N) is 1. The second-order valence-electron chi connectivity index (χ2n) is 5.87. The molecule has 2 aliphatic rings. The van der Waals surface area contributed by atoms with Crippen LogP contribution < -0.4 is 10.5 Å². The smallest absolute Gasteiger partial charge is 0.229 e. The second-order valence-corrected chi connectivity index (χ2v) is 5.87. The summed E-state index contributed by atoms with van der Waals surface area (Å²) in [5.41, 5.74) is 6.99. The van der Waals surface area contributed by atoms with E-state index in [9.17, 15) is 4.79 Å². The number of amides is 1. The molecule has 5 nitrogen and oxygen atoms in total. The summed E-state index contributed by atoms with van der Waals surface area (Å²) in [5.74, 6) is 0.946. The molecule has 0 spiro atoms. The molecule has 2 aliphatic heterocycles. The third-order valence-electron chi connectivity index (χ3n) is 4.22. The average molecular weight is 290 g/mol. The van der Waals surface area contributed by atoms with Crippen molar-refractivity contribution in [3.63, 3.8) is 0 Å². The molecule has 3 unspecified atom stereocenters. The van der Waals surface area contributed by atoms with Crippen LogP contribution in [0.5, 0.6) is 5.75 Å². The van der Waals surface area contributed by atoms with E-state index in [1.54, 1.807) is 0 Å². The summed E-state index contributed by atoms with van der Waals surface area (Å²) < 4.78 is 11.3. The lowest BCUT2D eigenvalue weighted by Crippen LogP contribution is -2.53. The van der Waals surface area contributed by atoms with E-state index in [1.165, 1.54) is 0 Å². The first-order valence-electron chi connectivity index (χ1n) is 7.52. The zero-order valence-electron chi connectivity index (χ0n) is 12.3. The molecule has 5 heteroatoms. The maximum Gasteiger partial charge on any atom is 0.229 e. The van der Waals surface area contributed by atoms with E-state index >= 15 is 0 Å². The summed E-state index contributed by atoms with van der Waals surface area (Å²) in [7, 11) is 0. The molecule has 21 heavy (non-hydrogen) atoms. The zero-order valence-corrected chi connectivity index (χ0v) is 12.3. The van der Waals surface area contributed by atoms with Crippen LogP contribution in [0.4, 0.5) is 0 Å². The molecule has 1 fully saturated rings. The molecule has 1 aromatic carbocycles.